The second-order valence-corrected chi connectivity index (χ2v) is 5.29. The molecule has 120 valence electrons. The second-order valence-electron chi connectivity index (χ2n) is 5.29. The molecule has 23 heavy (non-hydrogen) atoms. The quantitative estimate of drug-likeness (QED) is 0.860. The van der Waals surface area contributed by atoms with Crippen LogP contribution in [0.5, 0.6) is 0 Å². The molecule has 2 aromatic rings. The summed E-state index contributed by atoms with van der Waals surface area (Å²) in [5.74, 6) is -0.366. The number of esters is 1. The smallest absolute Gasteiger partial charge is 0.337 e. The van der Waals surface area contributed by atoms with Crippen molar-refractivity contribution in [2.75, 3.05) is 38.2 Å². The maximum absolute atomic E-state index is 12.2. The summed E-state index contributed by atoms with van der Waals surface area (Å²) in [5, 5.41) is 6.51. The van der Waals surface area contributed by atoms with Gasteiger partial charge in [-0.1, -0.05) is 0 Å². The summed E-state index contributed by atoms with van der Waals surface area (Å²) in [6.07, 6.45) is 1.58. The maximum atomic E-state index is 12.2. The zero-order chi connectivity index (χ0) is 16.2. The predicted octanol–water partition coefficient (Wildman–Crippen LogP) is 1.16. The molecule has 1 aliphatic rings. The average Bonchev–Trinajstić information content (AvgIpc) is 3.15. The first kappa shape index (κ1) is 15.1. The van der Waals surface area contributed by atoms with E-state index < -0.39 is 0 Å². The largest absolute Gasteiger partial charge is 0.465 e. The lowest BCUT2D eigenvalue weighted by atomic mass is 10.2. The Morgan fingerprint density at radius 2 is 1.78 bits per heavy atom. The first-order valence-corrected chi connectivity index (χ1v) is 7.41. The molecule has 0 atom stereocenters. The van der Waals surface area contributed by atoms with Crippen molar-refractivity contribution in [2.45, 2.75) is 0 Å². The van der Waals surface area contributed by atoms with Gasteiger partial charge < -0.3 is 14.5 Å². The molecule has 1 aromatic carbocycles. The van der Waals surface area contributed by atoms with Gasteiger partial charge in [-0.2, -0.15) is 5.10 Å². The summed E-state index contributed by atoms with van der Waals surface area (Å²) >= 11 is 0. The van der Waals surface area contributed by atoms with E-state index in [4.69, 9.17) is 4.74 Å². The van der Waals surface area contributed by atoms with Gasteiger partial charge in [0, 0.05) is 38.1 Å². The average molecular weight is 314 g/mol. The number of carbonyl (C=O) groups excluding carboxylic acids is 2. The van der Waals surface area contributed by atoms with E-state index in [-0.39, 0.29) is 11.9 Å². The summed E-state index contributed by atoms with van der Waals surface area (Å²) in [7, 11) is 1.37. The number of aromatic nitrogens is 2. The molecule has 7 nitrogen and oxygen atoms in total. The maximum Gasteiger partial charge on any atom is 0.337 e. The van der Waals surface area contributed by atoms with Crippen LogP contribution in [0.15, 0.2) is 36.5 Å². The van der Waals surface area contributed by atoms with Crippen LogP contribution in [0.25, 0.3) is 0 Å². The number of piperazine rings is 1. The van der Waals surface area contributed by atoms with Gasteiger partial charge in [-0.3, -0.25) is 9.89 Å². The van der Waals surface area contributed by atoms with E-state index in [1.165, 1.54) is 7.11 Å². The summed E-state index contributed by atoms with van der Waals surface area (Å²) in [4.78, 5) is 27.7. The number of nitrogens with one attached hydrogen (secondary N) is 1. The fourth-order valence-corrected chi connectivity index (χ4v) is 2.64. The number of amides is 1. The zero-order valence-electron chi connectivity index (χ0n) is 12.9. The van der Waals surface area contributed by atoms with Crippen molar-refractivity contribution < 1.29 is 14.3 Å². The molecule has 1 fully saturated rings. The van der Waals surface area contributed by atoms with E-state index in [2.05, 4.69) is 15.1 Å². The van der Waals surface area contributed by atoms with Crippen molar-refractivity contribution in [1.29, 1.82) is 0 Å². The number of hydrogen-bond donors (Lipinski definition) is 1. The Hall–Kier alpha value is -2.83. The first-order valence-electron chi connectivity index (χ1n) is 7.41. The molecule has 1 saturated heterocycles. The molecular formula is C16H18N4O3. The van der Waals surface area contributed by atoms with Crippen LogP contribution in [0, 0.1) is 0 Å². The minimum absolute atomic E-state index is 0.0248. The van der Waals surface area contributed by atoms with E-state index >= 15 is 0 Å². The molecule has 1 aromatic heterocycles. The summed E-state index contributed by atoms with van der Waals surface area (Å²) in [6.45, 7) is 2.79. The summed E-state index contributed by atoms with van der Waals surface area (Å²) in [6, 6.07) is 8.99. The van der Waals surface area contributed by atoms with Gasteiger partial charge in [0.05, 0.1) is 12.7 Å². The Morgan fingerprint density at radius 3 is 2.35 bits per heavy atom. The van der Waals surface area contributed by atoms with E-state index in [9.17, 15) is 9.59 Å². The molecule has 3 rings (SSSR count). The normalized spacial score (nSPS) is 14.7. The molecule has 1 aliphatic heterocycles. The lowest BCUT2D eigenvalue weighted by Crippen LogP contribution is -2.48. The van der Waals surface area contributed by atoms with E-state index in [0.29, 0.717) is 24.3 Å². The van der Waals surface area contributed by atoms with Crippen molar-refractivity contribution in [2.24, 2.45) is 0 Å². The first-order chi connectivity index (χ1) is 11.2. The van der Waals surface area contributed by atoms with Crippen LogP contribution in [-0.2, 0) is 4.74 Å². The molecule has 7 heteroatoms. The van der Waals surface area contributed by atoms with Crippen molar-refractivity contribution in [3.63, 3.8) is 0 Å². The molecule has 0 unspecified atom stereocenters. The summed E-state index contributed by atoms with van der Waals surface area (Å²) in [5.41, 5.74) is 2.08. The van der Waals surface area contributed by atoms with E-state index in [0.717, 1.165) is 18.8 Å². The zero-order valence-corrected chi connectivity index (χ0v) is 12.9. The fraction of sp³-hybridized carbons (Fsp3) is 0.312. The van der Waals surface area contributed by atoms with Gasteiger partial charge in [0.1, 0.15) is 5.69 Å². The topological polar surface area (TPSA) is 78.5 Å². The third kappa shape index (κ3) is 3.18. The Bertz CT molecular complexity index is 674. The lowest BCUT2D eigenvalue weighted by molar-refractivity contribution is 0.0600. The molecule has 0 spiro atoms. The van der Waals surface area contributed by atoms with Crippen LogP contribution in [0.3, 0.4) is 0 Å². The van der Waals surface area contributed by atoms with Crippen LogP contribution >= 0.6 is 0 Å². The summed E-state index contributed by atoms with van der Waals surface area (Å²) < 4.78 is 4.69. The molecule has 1 N–H and O–H groups in total. The molecule has 0 saturated carbocycles. The van der Waals surface area contributed by atoms with Gasteiger partial charge in [0.2, 0.25) is 0 Å². The number of aromatic amines is 1. The van der Waals surface area contributed by atoms with Crippen LogP contribution in [-0.4, -0.2) is 60.3 Å². The molecule has 0 aliphatic carbocycles. The van der Waals surface area contributed by atoms with Gasteiger partial charge in [0.25, 0.3) is 5.91 Å². The number of methoxy groups -OCH3 is 1. The minimum atomic E-state index is -0.341. The number of carbonyl (C=O) groups is 2. The Labute approximate surface area is 133 Å². The SMILES string of the molecule is COC(=O)c1ccc(N2CCN(C(=O)c3ccn[nH]3)CC2)cc1. The number of hydrogen-bond acceptors (Lipinski definition) is 5. The second kappa shape index (κ2) is 6.51. The standard InChI is InChI=1S/C16H18N4O3/c1-23-16(22)12-2-4-13(5-3-12)19-8-10-20(11-9-19)15(21)14-6-7-17-18-14/h2-7H,8-11H2,1H3,(H,17,18). The molecule has 2 heterocycles. The van der Waals surface area contributed by atoms with Gasteiger partial charge in [-0.15, -0.1) is 0 Å². The lowest BCUT2D eigenvalue weighted by Gasteiger charge is -2.36. The molecule has 0 radical (unpaired) electrons. The Balaban J connectivity index is 1.60. The highest BCUT2D eigenvalue weighted by atomic mass is 16.5. The van der Waals surface area contributed by atoms with Gasteiger partial charge in [-0.25, -0.2) is 4.79 Å². The van der Waals surface area contributed by atoms with Crippen molar-refractivity contribution in [3.8, 4) is 0 Å². The van der Waals surface area contributed by atoms with E-state index in [1.807, 2.05) is 17.0 Å². The number of nitrogens with zero attached hydrogens (tertiary/aromatic N) is 3. The van der Waals surface area contributed by atoms with Gasteiger partial charge >= 0.3 is 5.97 Å². The molecule has 0 bridgehead atoms. The van der Waals surface area contributed by atoms with Gasteiger partial charge in [-0.05, 0) is 30.3 Å². The third-order valence-electron chi connectivity index (χ3n) is 3.95. The number of anilines is 1. The highest BCUT2D eigenvalue weighted by molar-refractivity contribution is 5.92. The predicted molar refractivity (Wildman–Crippen MR) is 84.5 cm³/mol. The highest BCUT2D eigenvalue weighted by Gasteiger charge is 2.23. The van der Waals surface area contributed by atoms with E-state index in [1.54, 1.807) is 24.4 Å². The van der Waals surface area contributed by atoms with Crippen LogP contribution in [0.4, 0.5) is 5.69 Å². The van der Waals surface area contributed by atoms with Crippen LogP contribution < -0.4 is 4.90 Å². The number of rotatable bonds is 3. The highest BCUT2D eigenvalue weighted by Crippen LogP contribution is 2.18. The van der Waals surface area contributed by atoms with Crippen molar-refractivity contribution in [3.05, 3.63) is 47.8 Å². The van der Waals surface area contributed by atoms with Gasteiger partial charge in [0.15, 0.2) is 0 Å². The molecular weight excluding hydrogens is 296 g/mol. The number of H-pyrrole nitrogens is 1. The van der Waals surface area contributed by atoms with Crippen molar-refractivity contribution in [1.82, 2.24) is 15.1 Å². The van der Waals surface area contributed by atoms with Crippen LogP contribution in [0.1, 0.15) is 20.8 Å². The molecule has 1 amide bonds. The number of benzene rings is 1. The van der Waals surface area contributed by atoms with Crippen LogP contribution in [0.2, 0.25) is 0 Å². The Kier molecular flexibility index (Phi) is 4.27. The third-order valence-corrected chi connectivity index (χ3v) is 3.95. The van der Waals surface area contributed by atoms with Crippen molar-refractivity contribution >= 4 is 17.6 Å². The number of ether oxygens (including phenoxy) is 1. The Morgan fingerprint density at radius 1 is 1.09 bits per heavy atom. The fourth-order valence-electron chi connectivity index (χ4n) is 2.64. The minimum Gasteiger partial charge on any atom is -0.465 e. The monoisotopic (exact) mass is 314 g/mol.